The summed E-state index contributed by atoms with van der Waals surface area (Å²) in [7, 11) is 0. The fourth-order valence-corrected chi connectivity index (χ4v) is 4.21. The maximum absolute atomic E-state index is 14.6. The van der Waals surface area contributed by atoms with Crippen LogP contribution in [0.15, 0.2) is 30.5 Å². The first-order valence-electron chi connectivity index (χ1n) is 11.5. The Hall–Kier alpha value is -1.55. The number of pyridine rings is 1. The predicted octanol–water partition coefficient (Wildman–Crippen LogP) is 8.45. The summed E-state index contributed by atoms with van der Waals surface area (Å²) in [6.45, 7) is 4.48. The lowest BCUT2D eigenvalue weighted by atomic mass is 9.93. The highest BCUT2D eigenvalue weighted by Crippen LogP contribution is 2.28. The number of aromatic nitrogens is 1. The monoisotopic (exact) mass is 416 g/mol. The lowest BCUT2D eigenvalue weighted by molar-refractivity contribution is 0.491. The molecule has 29 heavy (non-hydrogen) atoms. The molecule has 1 aromatic carbocycles. The Labute approximate surface area is 181 Å². The van der Waals surface area contributed by atoms with Gasteiger partial charge in [0.2, 0.25) is 0 Å². The van der Waals surface area contributed by atoms with Crippen LogP contribution in [-0.2, 0) is 0 Å². The molecule has 0 bridgehead atoms. The van der Waals surface area contributed by atoms with Crippen LogP contribution >= 0.6 is 12.2 Å². The first-order chi connectivity index (χ1) is 14.2. The van der Waals surface area contributed by atoms with Gasteiger partial charge in [-0.3, -0.25) is 4.98 Å². The SMILES string of the molecule is CCCCCCCCC(CCCCCC)C(=S)Nc1c(F)ccc2ncccc12. The first kappa shape index (κ1) is 23.7. The summed E-state index contributed by atoms with van der Waals surface area (Å²) in [5.74, 6) is 0.0523. The summed E-state index contributed by atoms with van der Waals surface area (Å²) >= 11 is 5.78. The first-order valence-corrected chi connectivity index (χ1v) is 11.9. The van der Waals surface area contributed by atoms with Crippen molar-refractivity contribution in [1.29, 1.82) is 0 Å². The Morgan fingerprint density at radius 3 is 2.24 bits per heavy atom. The van der Waals surface area contributed by atoms with Crippen LogP contribution in [0.4, 0.5) is 10.1 Å². The van der Waals surface area contributed by atoms with Crippen LogP contribution < -0.4 is 5.32 Å². The zero-order valence-corrected chi connectivity index (χ0v) is 19.0. The maximum atomic E-state index is 14.6. The van der Waals surface area contributed by atoms with Crippen LogP contribution in [0.3, 0.4) is 0 Å². The molecule has 1 unspecified atom stereocenters. The Balaban J connectivity index is 2.01. The standard InChI is InChI=1S/C25H37FN2S/c1-3-5-7-9-10-12-15-20(14-11-8-6-4-2)25(29)28-24-21-16-13-19-27-23(21)18-17-22(24)26/h13,16-20H,3-12,14-15H2,1-2H3,(H,28,29). The number of nitrogens with one attached hydrogen (secondary N) is 1. The normalized spacial score (nSPS) is 12.2. The summed E-state index contributed by atoms with van der Waals surface area (Å²) in [4.78, 5) is 5.12. The number of unbranched alkanes of at least 4 members (excludes halogenated alkanes) is 8. The van der Waals surface area contributed by atoms with Crippen molar-refractivity contribution in [2.24, 2.45) is 5.92 Å². The number of anilines is 1. The van der Waals surface area contributed by atoms with Gasteiger partial charge in [0.1, 0.15) is 5.82 Å². The van der Waals surface area contributed by atoms with Gasteiger partial charge in [0.05, 0.1) is 16.2 Å². The molecule has 0 saturated heterocycles. The second-order valence-electron chi connectivity index (χ2n) is 8.08. The van der Waals surface area contributed by atoms with E-state index < -0.39 is 0 Å². The zero-order chi connectivity index (χ0) is 20.9. The number of hydrogen-bond donors (Lipinski definition) is 1. The minimum absolute atomic E-state index is 0.267. The van der Waals surface area contributed by atoms with Crippen LogP contribution in [-0.4, -0.2) is 9.97 Å². The molecule has 4 heteroatoms. The highest BCUT2D eigenvalue weighted by molar-refractivity contribution is 7.80. The Morgan fingerprint density at radius 1 is 0.931 bits per heavy atom. The molecule has 0 fully saturated rings. The van der Waals surface area contributed by atoms with Crippen molar-refractivity contribution in [2.75, 3.05) is 5.32 Å². The third-order valence-corrected chi connectivity index (χ3v) is 6.10. The van der Waals surface area contributed by atoms with Crippen molar-refractivity contribution in [3.63, 3.8) is 0 Å². The van der Waals surface area contributed by atoms with Gasteiger partial charge in [-0.1, -0.05) is 90.3 Å². The summed E-state index contributed by atoms with van der Waals surface area (Å²) in [6, 6.07) is 6.94. The molecule has 1 N–H and O–H groups in total. The molecule has 0 aliphatic carbocycles. The van der Waals surface area contributed by atoms with Crippen molar-refractivity contribution < 1.29 is 4.39 Å². The van der Waals surface area contributed by atoms with E-state index in [1.54, 1.807) is 12.3 Å². The van der Waals surface area contributed by atoms with E-state index in [1.807, 2.05) is 12.1 Å². The van der Waals surface area contributed by atoms with E-state index in [4.69, 9.17) is 12.2 Å². The Kier molecular flexibility index (Phi) is 11.2. The fraction of sp³-hybridized carbons (Fsp3) is 0.600. The zero-order valence-electron chi connectivity index (χ0n) is 18.2. The second kappa shape index (κ2) is 13.6. The lowest BCUT2D eigenvalue weighted by Gasteiger charge is -2.21. The van der Waals surface area contributed by atoms with Gasteiger partial charge in [0, 0.05) is 17.5 Å². The minimum Gasteiger partial charge on any atom is -0.347 e. The van der Waals surface area contributed by atoms with E-state index in [0.29, 0.717) is 11.6 Å². The van der Waals surface area contributed by atoms with Gasteiger partial charge >= 0.3 is 0 Å². The highest BCUT2D eigenvalue weighted by atomic mass is 32.1. The highest BCUT2D eigenvalue weighted by Gasteiger charge is 2.17. The molecule has 2 nitrogen and oxygen atoms in total. The van der Waals surface area contributed by atoms with Crippen molar-refractivity contribution in [1.82, 2.24) is 4.98 Å². The number of benzene rings is 1. The molecule has 0 aliphatic heterocycles. The van der Waals surface area contributed by atoms with Gasteiger partial charge in [-0.15, -0.1) is 0 Å². The third kappa shape index (κ3) is 8.00. The molecule has 2 rings (SSSR count). The van der Waals surface area contributed by atoms with Crippen LogP contribution in [0.5, 0.6) is 0 Å². The molecular formula is C25H37FN2S. The van der Waals surface area contributed by atoms with Gasteiger partial charge < -0.3 is 5.32 Å². The lowest BCUT2D eigenvalue weighted by Crippen LogP contribution is -2.22. The van der Waals surface area contributed by atoms with Crippen LogP contribution in [0.25, 0.3) is 10.9 Å². The van der Waals surface area contributed by atoms with Crippen molar-refractivity contribution in [3.8, 4) is 0 Å². The number of rotatable bonds is 14. The minimum atomic E-state index is -0.267. The van der Waals surface area contributed by atoms with Crippen LogP contribution in [0, 0.1) is 11.7 Å². The smallest absolute Gasteiger partial charge is 0.147 e. The molecule has 1 aromatic heterocycles. The molecule has 1 heterocycles. The molecular weight excluding hydrogens is 379 g/mol. The van der Waals surface area contributed by atoms with E-state index in [0.717, 1.165) is 28.7 Å². The van der Waals surface area contributed by atoms with Gasteiger partial charge in [-0.05, 0) is 37.1 Å². The third-order valence-electron chi connectivity index (χ3n) is 5.67. The predicted molar refractivity (Wildman–Crippen MR) is 128 cm³/mol. The van der Waals surface area contributed by atoms with Gasteiger partial charge in [0.15, 0.2) is 0 Å². The van der Waals surface area contributed by atoms with Crippen molar-refractivity contribution in [3.05, 3.63) is 36.3 Å². The number of hydrogen-bond acceptors (Lipinski definition) is 2. The quantitative estimate of drug-likeness (QED) is 0.247. The molecule has 160 valence electrons. The van der Waals surface area contributed by atoms with E-state index in [1.165, 1.54) is 70.3 Å². The Bertz CT molecular complexity index is 747. The molecule has 0 aliphatic rings. The summed E-state index contributed by atoms with van der Waals surface area (Å²) < 4.78 is 14.6. The summed E-state index contributed by atoms with van der Waals surface area (Å²) in [6.07, 6.45) is 16.6. The van der Waals surface area contributed by atoms with Gasteiger partial charge in [0.25, 0.3) is 0 Å². The van der Waals surface area contributed by atoms with E-state index in [2.05, 4.69) is 24.1 Å². The number of thiocarbonyl (C=S) groups is 1. The number of halogens is 1. The van der Waals surface area contributed by atoms with E-state index in [-0.39, 0.29) is 5.82 Å². The maximum Gasteiger partial charge on any atom is 0.147 e. The topological polar surface area (TPSA) is 24.9 Å². The molecule has 0 spiro atoms. The molecule has 1 atom stereocenters. The van der Waals surface area contributed by atoms with Crippen molar-refractivity contribution in [2.45, 2.75) is 90.9 Å². The average molecular weight is 417 g/mol. The molecule has 0 saturated carbocycles. The average Bonchev–Trinajstić information content (AvgIpc) is 2.74. The van der Waals surface area contributed by atoms with Crippen LogP contribution in [0.2, 0.25) is 0 Å². The second-order valence-corrected chi connectivity index (χ2v) is 8.52. The summed E-state index contributed by atoms with van der Waals surface area (Å²) in [5.41, 5.74) is 1.26. The van der Waals surface area contributed by atoms with E-state index >= 15 is 0 Å². The van der Waals surface area contributed by atoms with E-state index in [9.17, 15) is 4.39 Å². The molecule has 2 aromatic rings. The Morgan fingerprint density at radius 2 is 1.55 bits per heavy atom. The van der Waals surface area contributed by atoms with Gasteiger partial charge in [-0.2, -0.15) is 0 Å². The molecule has 0 amide bonds. The fourth-order valence-electron chi connectivity index (χ4n) is 3.87. The van der Waals surface area contributed by atoms with Crippen molar-refractivity contribution >= 4 is 33.8 Å². The number of nitrogens with zero attached hydrogens (tertiary/aromatic N) is 1. The summed E-state index contributed by atoms with van der Waals surface area (Å²) in [5, 5.41) is 4.06. The van der Waals surface area contributed by atoms with Crippen LogP contribution in [0.1, 0.15) is 90.9 Å². The van der Waals surface area contributed by atoms with Gasteiger partial charge in [-0.25, -0.2) is 4.39 Å². The molecule has 0 radical (unpaired) electrons. The largest absolute Gasteiger partial charge is 0.347 e. The number of fused-ring (bicyclic) bond motifs is 1.